The summed E-state index contributed by atoms with van der Waals surface area (Å²) in [6.07, 6.45) is 14.0. The Morgan fingerprint density at radius 1 is 1.07 bits per heavy atom. The van der Waals surface area contributed by atoms with Gasteiger partial charge in [0.2, 0.25) is 0 Å². The Balaban J connectivity index is 2.30. The van der Waals surface area contributed by atoms with Crippen LogP contribution < -0.4 is 0 Å². The van der Waals surface area contributed by atoms with Crippen LogP contribution in [0.2, 0.25) is 25.7 Å². The molecule has 1 saturated carbocycles. The topological polar surface area (TPSA) is 0 Å². The van der Waals surface area contributed by atoms with E-state index in [4.69, 9.17) is 0 Å². The van der Waals surface area contributed by atoms with Gasteiger partial charge in [-0.2, -0.15) is 0 Å². The van der Waals surface area contributed by atoms with Crippen LogP contribution in [0.25, 0.3) is 0 Å². The molecule has 0 saturated heterocycles. The van der Waals surface area contributed by atoms with Gasteiger partial charge in [0.25, 0.3) is 0 Å². The lowest BCUT2D eigenvalue weighted by Gasteiger charge is -2.13. The van der Waals surface area contributed by atoms with Crippen molar-refractivity contribution in [3.05, 3.63) is 23.8 Å². The molecule has 1 aliphatic rings. The Hall–Kier alpha value is -0.303. The van der Waals surface area contributed by atoms with E-state index < -0.39 is 8.07 Å². The lowest BCUT2D eigenvalue weighted by atomic mass is 9.95. The van der Waals surface area contributed by atoms with Crippen LogP contribution in [0, 0.1) is 0 Å². The molecule has 0 atom stereocenters. The highest BCUT2D eigenvalue weighted by Gasteiger charge is 2.09. The van der Waals surface area contributed by atoms with E-state index in [1.165, 1.54) is 38.1 Å². The van der Waals surface area contributed by atoms with Gasteiger partial charge in [0, 0.05) is 8.07 Å². The highest BCUT2D eigenvalue weighted by Crippen LogP contribution is 2.22. The van der Waals surface area contributed by atoms with Crippen molar-refractivity contribution in [2.75, 3.05) is 0 Å². The first-order valence-electron chi connectivity index (χ1n) is 5.92. The molecule has 0 radical (unpaired) electrons. The molecule has 14 heavy (non-hydrogen) atoms. The first kappa shape index (κ1) is 11.8. The molecular formula is C13H24Si. The fourth-order valence-corrected chi connectivity index (χ4v) is 2.64. The van der Waals surface area contributed by atoms with Crippen molar-refractivity contribution >= 4 is 8.07 Å². The highest BCUT2D eigenvalue weighted by atomic mass is 28.3. The Kier molecular flexibility index (Phi) is 4.66. The summed E-state index contributed by atoms with van der Waals surface area (Å²) in [6, 6.07) is 1.32. The molecule has 0 spiro atoms. The van der Waals surface area contributed by atoms with Crippen LogP contribution in [-0.4, -0.2) is 8.07 Å². The van der Waals surface area contributed by atoms with E-state index in [-0.39, 0.29) is 0 Å². The minimum atomic E-state index is -0.860. The van der Waals surface area contributed by atoms with E-state index in [2.05, 4.69) is 37.9 Å². The summed E-state index contributed by atoms with van der Waals surface area (Å²) in [6.45, 7) is 7.27. The normalized spacial score (nSPS) is 18.9. The molecule has 1 heteroatoms. The number of hydrogen-bond acceptors (Lipinski definition) is 0. The minimum absolute atomic E-state index is 0.860. The molecular weight excluding hydrogens is 184 g/mol. The van der Waals surface area contributed by atoms with Gasteiger partial charge >= 0.3 is 0 Å². The van der Waals surface area contributed by atoms with Gasteiger partial charge in [-0.1, -0.05) is 49.9 Å². The molecule has 0 unspecified atom stereocenters. The summed E-state index contributed by atoms with van der Waals surface area (Å²) in [4.78, 5) is 0. The zero-order chi connectivity index (χ0) is 10.4. The summed E-state index contributed by atoms with van der Waals surface area (Å²) >= 11 is 0. The van der Waals surface area contributed by atoms with Crippen molar-refractivity contribution in [2.24, 2.45) is 0 Å². The quantitative estimate of drug-likeness (QED) is 0.586. The van der Waals surface area contributed by atoms with Gasteiger partial charge in [0.15, 0.2) is 0 Å². The van der Waals surface area contributed by atoms with E-state index >= 15 is 0 Å². The first-order chi connectivity index (χ1) is 6.58. The molecule has 0 aromatic heterocycles. The Labute approximate surface area is 90.1 Å². The monoisotopic (exact) mass is 208 g/mol. The van der Waals surface area contributed by atoms with Gasteiger partial charge < -0.3 is 0 Å². The van der Waals surface area contributed by atoms with Gasteiger partial charge in [0.1, 0.15) is 0 Å². The second-order valence-corrected chi connectivity index (χ2v) is 11.1. The largest absolute Gasteiger partial charge is 0.0872 e. The molecule has 80 valence electrons. The molecule has 1 aliphatic carbocycles. The molecule has 0 bridgehead atoms. The number of rotatable bonds is 3. The molecule has 0 aromatic rings. The summed E-state index contributed by atoms with van der Waals surface area (Å²) in [5, 5.41) is 0. The van der Waals surface area contributed by atoms with E-state index in [1.807, 2.05) is 0 Å². The van der Waals surface area contributed by atoms with Gasteiger partial charge in [-0.05, 0) is 31.7 Å². The van der Waals surface area contributed by atoms with Gasteiger partial charge in [0.05, 0.1) is 0 Å². The van der Waals surface area contributed by atoms with E-state index in [0.29, 0.717) is 0 Å². The smallest absolute Gasteiger partial charge is 0.0480 e. The van der Waals surface area contributed by atoms with E-state index in [9.17, 15) is 0 Å². The molecule has 0 aliphatic heterocycles. The molecule has 0 heterocycles. The predicted molar refractivity (Wildman–Crippen MR) is 68.5 cm³/mol. The van der Waals surface area contributed by atoms with Crippen molar-refractivity contribution < 1.29 is 0 Å². The van der Waals surface area contributed by atoms with Crippen molar-refractivity contribution in [1.82, 2.24) is 0 Å². The van der Waals surface area contributed by atoms with Gasteiger partial charge in [-0.3, -0.25) is 0 Å². The van der Waals surface area contributed by atoms with Crippen LogP contribution in [0.1, 0.15) is 32.1 Å². The summed E-state index contributed by atoms with van der Waals surface area (Å²) < 4.78 is 0. The average molecular weight is 208 g/mol. The fourth-order valence-electron chi connectivity index (χ4n) is 1.80. The van der Waals surface area contributed by atoms with Crippen molar-refractivity contribution in [3.8, 4) is 0 Å². The van der Waals surface area contributed by atoms with E-state index in [1.54, 1.807) is 5.57 Å². The molecule has 1 fully saturated rings. The van der Waals surface area contributed by atoms with E-state index in [0.717, 1.165) is 0 Å². The third kappa shape index (κ3) is 5.43. The van der Waals surface area contributed by atoms with Crippen LogP contribution in [0.5, 0.6) is 0 Å². The molecule has 0 amide bonds. The lowest BCUT2D eigenvalue weighted by Crippen LogP contribution is -2.17. The summed E-state index contributed by atoms with van der Waals surface area (Å²) in [5.41, 5.74) is 1.67. The maximum atomic E-state index is 2.42. The van der Waals surface area contributed by atoms with Crippen molar-refractivity contribution in [2.45, 2.75) is 57.8 Å². The summed E-state index contributed by atoms with van der Waals surface area (Å²) in [7, 11) is -0.860. The average Bonchev–Trinajstić information content (AvgIpc) is 2.13. The van der Waals surface area contributed by atoms with Crippen LogP contribution in [0.15, 0.2) is 23.8 Å². The van der Waals surface area contributed by atoms with Crippen LogP contribution in [-0.2, 0) is 0 Å². The fraction of sp³-hybridized carbons (Fsp3) is 0.692. The van der Waals surface area contributed by atoms with Gasteiger partial charge in [-0.15, -0.1) is 0 Å². The maximum Gasteiger partial charge on any atom is 0.0480 e. The maximum absolute atomic E-state index is 2.42. The Morgan fingerprint density at radius 2 is 1.71 bits per heavy atom. The van der Waals surface area contributed by atoms with Crippen LogP contribution in [0.4, 0.5) is 0 Å². The van der Waals surface area contributed by atoms with Crippen molar-refractivity contribution in [3.63, 3.8) is 0 Å². The third-order valence-corrected chi connectivity index (χ3v) is 4.15. The predicted octanol–water partition coefficient (Wildman–Crippen LogP) is 4.77. The number of hydrogen-bond donors (Lipinski definition) is 0. The standard InChI is InChI=1S/C13H24Si/c1-14(2,3)12-8-7-11-13-9-5-4-6-10-13/h7-8,11H,4-6,9-10,12H2,1-3H3/b8-7-. The van der Waals surface area contributed by atoms with Crippen LogP contribution in [0.3, 0.4) is 0 Å². The van der Waals surface area contributed by atoms with Crippen molar-refractivity contribution in [1.29, 1.82) is 0 Å². The summed E-state index contributed by atoms with van der Waals surface area (Å²) in [5.74, 6) is 0. The van der Waals surface area contributed by atoms with Gasteiger partial charge in [-0.25, -0.2) is 0 Å². The zero-order valence-electron chi connectivity index (χ0n) is 9.97. The molecule has 0 nitrogen and oxygen atoms in total. The third-order valence-electron chi connectivity index (χ3n) is 2.69. The Bertz CT molecular complexity index is 210. The first-order valence-corrected chi connectivity index (χ1v) is 9.63. The number of allylic oxidation sites excluding steroid dienone is 4. The minimum Gasteiger partial charge on any atom is -0.0872 e. The second kappa shape index (κ2) is 5.55. The molecule has 1 rings (SSSR count). The SMILES string of the molecule is C[Si](C)(C)C/C=C\C=C1CCCCC1. The molecule has 0 aromatic carbocycles. The Morgan fingerprint density at radius 3 is 2.29 bits per heavy atom. The molecule has 0 N–H and O–H groups in total. The lowest BCUT2D eigenvalue weighted by molar-refractivity contribution is 0.599. The van der Waals surface area contributed by atoms with Crippen LogP contribution >= 0.6 is 0 Å². The zero-order valence-corrected chi connectivity index (χ0v) is 11.0. The second-order valence-electron chi connectivity index (χ2n) is 5.58. The highest BCUT2D eigenvalue weighted by molar-refractivity contribution is 6.76.